The van der Waals surface area contributed by atoms with Crippen LogP contribution in [0.1, 0.15) is 67.0 Å². The summed E-state index contributed by atoms with van der Waals surface area (Å²) in [6, 6.07) is 0. The summed E-state index contributed by atoms with van der Waals surface area (Å²) in [5.74, 6) is 1.16. The Balaban J connectivity index is 1.80. The van der Waals surface area contributed by atoms with Crippen LogP contribution in [0.3, 0.4) is 0 Å². The van der Waals surface area contributed by atoms with E-state index in [1.807, 2.05) is 20.8 Å². The van der Waals surface area contributed by atoms with E-state index in [2.05, 4.69) is 61.2 Å². The van der Waals surface area contributed by atoms with Crippen LogP contribution in [0.5, 0.6) is 0 Å². The molecule has 1 fully saturated rings. The van der Waals surface area contributed by atoms with Gasteiger partial charge in [0.1, 0.15) is 17.1 Å². The first-order valence-electron chi connectivity index (χ1n) is 11.9. The molecule has 3 heterocycles. The molecule has 1 amide bonds. The second-order valence-electron chi connectivity index (χ2n) is 12.0. The Hall–Kier alpha value is -2.40. The summed E-state index contributed by atoms with van der Waals surface area (Å²) in [6.07, 6.45) is 1.11. The van der Waals surface area contributed by atoms with Gasteiger partial charge in [-0.3, -0.25) is 5.10 Å². The van der Waals surface area contributed by atoms with Gasteiger partial charge in [-0.1, -0.05) is 20.8 Å². The van der Waals surface area contributed by atoms with Gasteiger partial charge in [-0.2, -0.15) is 5.10 Å². The van der Waals surface area contributed by atoms with Crippen LogP contribution >= 0.6 is 0 Å². The summed E-state index contributed by atoms with van der Waals surface area (Å²) in [5, 5.41) is 10.1. The second-order valence-corrected chi connectivity index (χ2v) is 16.8. The Kier molecular flexibility index (Phi) is 6.93. The SMILES string of the molecule is CC1(NC(=O)OC(C)(C)C)CCN(c2nc3n[nH]c(N)c3nc2CO[Si](C)(C)C(C)(C)C)CC1. The zero-order valence-electron chi connectivity index (χ0n) is 22.1. The molecular formula is C23H41N7O3Si. The number of aromatic amines is 1. The number of carbonyl (C=O) groups excluding carboxylic acids is 1. The van der Waals surface area contributed by atoms with Crippen LogP contribution in [0.2, 0.25) is 18.1 Å². The molecule has 0 radical (unpaired) electrons. The number of nitrogens with zero attached hydrogens (tertiary/aromatic N) is 4. The lowest BCUT2D eigenvalue weighted by Gasteiger charge is -2.41. The van der Waals surface area contributed by atoms with Crippen LogP contribution < -0.4 is 16.0 Å². The summed E-state index contributed by atoms with van der Waals surface area (Å²) in [6.45, 7) is 20.5. The number of hydrogen-bond acceptors (Lipinski definition) is 8. The van der Waals surface area contributed by atoms with Crippen LogP contribution in [0.15, 0.2) is 0 Å². The molecule has 34 heavy (non-hydrogen) atoms. The van der Waals surface area contributed by atoms with Crippen molar-refractivity contribution in [3.63, 3.8) is 0 Å². The number of anilines is 2. The summed E-state index contributed by atoms with van der Waals surface area (Å²) < 4.78 is 11.9. The molecule has 1 aliphatic rings. The minimum Gasteiger partial charge on any atom is -0.444 e. The van der Waals surface area contributed by atoms with Gasteiger partial charge in [-0.05, 0) is 58.7 Å². The van der Waals surface area contributed by atoms with E-state index in [1.54, 1.807) is 0 Å². The van der Waals surface area contributed by atoms with Gasteiger partial charge < -0.3 is 25.1 Å². The molecule has 11 heteroatoms. The van der Waals surface area contributed by atoms with Crippen molar-refractivity contribution >= 4 is 37.2 Å². The van der Waals surface area contributed by atoms with Crippen molar-refractivity contribution in [3.8, 4) is 0 Å². The number of H-pyrrole nitrogens is 1. The number of rotatable bonds is 5. The minimum atomic E-state index is -1.99. The molecular weight excluding hydrogens is 450 g/mol. The number of amides is 1. The molecule has 0 unspecified atom stereocenters. The number of hydrogen-bond donors (Lipinski definition) is 3. The fourth-order valence-corrected chi connectivity index (χ4v) is 4.51. The van der Waals surface area contributed by atoms with Crippen molar-refractivity contribution in [2.24, 2.45) is 0 Å². The van der Waals surface area contributed by atoms with E-state index >= 15 is 0 Å². The fourth-order valence-electron chi connectivity index (χ4n) is 3.58. The van der Waals surface area contributed by atoms with Crippen LogP contribution in [-0.2, 0) is 15.8 Å². The highest BCUT2D eigenvalue weighted by Crippen LogP contribution is 2.38. The van der Waals surface area contributed by atoms with Crippen molar-refractivity contribution in [3.05, 3.63) is 5.69 Å². The molecule has 0 bridgehead atoms. The van der Waals surface area contributed by atoms with Gasteiger partial charge in [0.2, 0.25) is 5.65 Å². The molecule has 0 spiro atoms. The topological polar surface area (TPSA) is 131 Å². The molecule has 0 saturated carbocycles. The number of nitrogens with two attached hydrogens (primary N) is 1. The van der Waals surface area contributed by atoms with E-state index in [0.717, 1.165) is 24.4 Å². The Morgan fingerprint density at radius 2 is 1.79 bits per heavy atom. The third-order valence-corrected chi connectivity index (χ3v) is 11.3. The van der Waals surface area contributed by atoms with Crippen LogP contribution in [0.4, 0.5) is 16.4 Å². The van der Waals surface area contributed by atoms with E-state index in [1.165, 1.54) is 0 Å². The number of alkyl carbamates (subject to hydrolysis) is 1. The van der Waals surface area contributed by atoms with Gasteiger partial charge in [-0.25, -0.2) is 14.8 Å². The number of nitrogens with one attached hydrogen (secondary N) is 2. The van der Waals surface area contributed by atoms with Gasteiger partial charge in [0.05, 0.1) is 6.61 Å². The second kappa shape index (κ2) is 8.99. The van der Waals surface area contributed by atoms with E-state index in [4.69, 9.17) is 24.9 Å². The molecule has 10 nitrogen and oxygen atoms in total. The number of piperidine rings is 1. The summed E-state index contributed by atoms with van der Waals surface area (Å²) in [4.78, 5) is 24.1. The standard InChI is InChI=1S/C23H41N7O3Si/c1-21(2,3)33-20(31)27-23(7)10-12-30(13-11-23)19-15(14-32-34(8,9)22(4,5)6)25-16-17(24)28-29-18(16)26-19/h10-14H2,1-9H3,(H,27,31)(H3,24,26,28,29). The highest BCUT2D eigenvalue weighted by molar-refractivity contribution is 6.74. The number of fused-ring (bicyclic) bond motifs is 1. The summed E-state index contributed by atoms with van der Waals surface area (Å²) >= 11 is 0. The predicted molar refractivity (Wildman–Crippen MR) is 137 cm³/mol. The average Bonchev–Trinajstić information content (AvgIpc) is 3.03. The van der Waals surface area contributed by atoms with Crippen molar-refractivity contribution in [1.29, 1.82) is 0 Å². The lowest BCUT2D eigenvalue weighted by atomic mass is 9.89. The Morgan fingerprint density at radius 3 is 2.35 bits per heavy atom. The number of ether oxygens (including phenoxy) is 1. The van der Waals surface area contributed by atoms with Crippen molar-refractivity contribution in [2.45, 2.75) is 97.2 Å². The third-order valence-electron chi connectivity index (χ3n) is 6.81. The first-order valence-corrected chi connectivity index (χ1v) is 14.8. The van der Waals surface area contributed by atoms with Gasteiger partial charge in [-0.15, -0.1) is 0 Å². The van der Waals surface area contributed by atoms with E-state index in [-0.39, 0.29) is 16.7 Å². The molecule has 3 rings (SSSR count). The lowest BCUT2D eigenvalue weighted by molar-refractivity contribution is 0.0448. The zero-order valence-corrected chi connectivity index (χ0v) is 23.1. The maximum Gasteiger partial charge on any atom is 0.408 e. The van der Waals surface area contributed by atoms with Gasteiger partial charge in [0.15, 0.2) is 19.7 Å². The number of nitrogen functional groups attached to an aromatic ring is 1. The molecule has 0 aromatic carbocycles. The summed E-state index contributed by atoms with van der Waals surface area (Å²) in [7, 11) is -1.99. The highest BCUT2D eigenvalue weighted by Gasteiger charge is 2.38. The third kappa shape index (κ3) is 5.98. The molecule has 0 aliphatic carbocycles. The smallest absolute Gasteiger partial charge is 0.408 e. The Morgan fingerprint density at radius 1 is 1.18 bits per heavy atom. The number of carbonyl (C=O) groups is 1. The molecule has 0 atom stereocenters. The van der Waals surface area contributed by atoms with Crippen molar-refractivity contribution in [1.82, 2.24) is 25.5 Å². The minimum absolute atomic E-state index is 0.0830. The van der Waals surface area contributed by atoms with Crippen molar-refractivity contribution in [2.75, 3.05) is 23.7 Å². The quantitative estimate of drug-likeness (QED) is 0.526. The van der Waals surface area contributed by atoms with Crippen LogP contribution in [-0.4, -0.2) is 58.8 Å². The molecule has 2 aromatic heterocycles. The predicted octanol–water partition coefficient (Wildman–Crippen LogP) is 4.34. The van der Waals surface area contributed by atoms with Gasteiger partial charge >= 0.3 is 6.09 Å². The van der Waals surface area contributed by atoms with Gasteiger partial charge in [0.25, 0.3) is 0 Å². The molecule has 1 aliphatic heterocycles. The van der Waals surface area contributed by atoms with E-state index < -0.39 is 13.9 Å². The average molecular weight is 492 g/mol. The normalized spacial score (nSPS) is 17.1. The Bertz CT molecular complexity index is 1030. The van der Waals surface area contributed by atoms with Gasteiger partial charge in [0, 0.05) is 18.6 Å². The van der Waals surface area contributed by atoms with Crippen molar-refractivity contribution < 1.29 is 14.0 Å². The van der Waals surface area contributed by atoms with E-state index in [9.17, 15) is 4.79 Å². The summed E-state index contributed by atoms with van der Waals surface area (Å²) in [5.41, 5.74) is 6.95. The number of aromatic nitrogens is 4. The van der Waals surface area contributed by atoms with E-state index in [0.29, 0.717) is 36.7 Å². The monoisotopic (exact) mass is 491 g/mol. The molecule has 1 saturated heterocycles. The lowest BCUT2D eigenvalue weighted by Crippen LogP contribution is -2.54. The first kappa shape index (κ1) is 26.2. The largest absolute Gasteiger partial charge is 0.444 e. The van der Waals surface area contributed by atoms with Crippen LogP contribution in [0.25, 0.3) is 11.2 Å². The maximum atomic E-state index is 12.3. The highest BCUT2D eigenvalue weighted by atomic mass is 28.4. The Labute approximate surface area is 203 Å². The fraction of sp³-hybridized carbons (Fsp3) is 0.739. The molecule has 2 aromatic rings. The molecule has 4 N–H and O–H groups in total. The first-order chi connectivity index (χ1) is 15.5. The maximum absolute atomic E-state index is 12.3. The molecule has 190 valence electrons. The zero-order chi connectivity index (χ0) is 25.5. The van der Waals surface area contributed by atoms with Crippen LogP contribution in [0, 0.1) is 0 Å².